The lowest BCUT2D eigenvalue weighted by Crippen LogP contribution is -2.38. The van der Waals surface area contributed by atoms with Gasteiger partial charge in [-0.25, -0.2) is 0 Å². The van der Waals surface area contributed by atoms with E-state index >= 15 is 0 Å². The zero-order valence-electron chi connectivity index (χ0n) is 11.8. The second-order valence-corrected chi connectivity index (χ2v) is 6.52. The molecule has 1 unspecified atom stereocenters. The van der Waals surface area contributed by atoms with Crippen molar-refractivity contribution in [2.75, 3.05) is 6.61 Å². The maximum atomic E-state index is 12.3. The number of nitrogens with one attached hydrogen (secondary N) is 1. The molecule has 0 aromatic carbocycles. The van der Waals surface area contributed by atoms with E-state index in [-0.39, 0.29) is 17.6 Å². The van der Waals surface area contributed by atoms with Crippen LogP contribution in [0, 0.1) is 0 Å². The Labute approximate surface area is 124 Å². The lowest BCUT2D eigenvalue weighted by atomic mass is 9.82. The summed E-state index contributed by atoms with van der Waals surface area (Å²) in [6.45, 7) is 0.629. The van der Waals surface area contributed by atoms with E-state index in [9.17, 15) is 4.79 Å². The molecule has 1 N–H and O–H groups in total. The minimum absolute atomic E-state index is 0.0298. The normalized spacial score (nSPS) is 25.0. The molecule has 2 fully saturated rings. The fourth-order valence-corrected chi connectivity index (χ4v) is 3.74. The number of aryl methyl sites for hydroxylation is 1. The average molecular weight is 297 g/mol. The second kappa shape index (κ2) is 5.41. The lowest BCUT2D eigenvalue weighted by Gasteiger charge is -2.32. The number of halogens is 1. The van der Waals surface area contributed by atoms with Crippen LogP contribution in [0.4, 0.5) is 0 Å². The third-order valence-electron chi connectivity index (χ3n) is 4.51. The van der Waals surface area contributed by atoms with Gasteiger partial charge in [-0.1, -0.05) is 30.9 Å². The van der Waals surface area contributed by atoms with Crippen LogP contribution in [0.2, 0.25) is 5.02 Å². The van der Waals surface area contributed by atoms with Gasteiger partial charge in [0.05, 0.1) is 23.3 Å². The third-order valence-corrected chi connectivity index (χ3v) is 4.72. The number of aromatic nitrogens is 1. The minimum Gasteiger partial charge on any atom is -0.373 e. The first-order valence-corrected chi connectivity index (χ1v) is 7.72. The topological polar surface area (TPSA) is 43.3 Å². The van der Waals surface area contributed by atoms with E-state index in [0.717, 1.165) is 19.3 Å². The van der Waals surface area contributed by atoms with Gasteiger partial charge in [-0.3, -0.25) is 4.79 Å². The Morgan fingerprint density at radius 3 is 2.85 bits per heavy atom. The summed E-state index contributed by atoms with van der Waals surface area (Å²) in [6.07, 6.45) is 8.75. The molecule has 3 rings (SSSR count). The Bertz CT molecular complexity index is 506. The number of hydrogen-bond donors (Lipinski definition) is 1. The van der Waals surface area contributed by atoms with Gasteiger partial charge in [0.2, 0.25) is 0 Å². The molecular formula is C15H21ClN2O2. The number of ether oxygens (including phenoxy) is 1. The van der Waals surface area contributed by atoms with Crippen LogP contribution in [0.5, 0.6) is 0 Å². The van der Waals surface area contributed by atoms with Crippen molar-refractivity contribution in [1.29, 1.82) is 0 Å². The second-order valence-electron chi connectivity index (χ2n) is 6.08. The Balaban J connectivity index is 1.61. The standard InChI is InChI=1S/C15H21ClN2O2/c1-18-9-11(16)7-13(18)14(19)17-12-8-15(20-10-12)5-3-2-4-6-15/h7,9,12H,2-6,8,10H2,1H3,(H,17,19). The van der Waals surface area contributed by atoms with Gasteiger partial charge in [-0.2, -0.15) is 0 Å². The molecule has 1 aliphatic heterocycles. The van der Waals surface area contributed by atoms with Gasteiger partial charge in [0.1, 0.15) is 5.69 Å². The molecule has 1 saturated heterocycles. The maximum absolute atomic E-state index is 12.3. The summed E-state index contributed by atoms with van der Waals surface area (Å²) in [5.41, 5.74) is 0.627. The van der Waals surface area contributed by atoms with Gasteiger partial charge < -0.3 is 14.6 Å². The fraction of sp³-hybridized carbons (Fsp3) is 0.667. The van der Waals surface area contributed by atoms with Crippen LogP contribution in [0.3, 0.4) is 0 Å². The van der Waals surface area contributed by atoms with Crippen molar-refractivity contribution in [2.45, 2.75) is 50.2 Å². The quantitative estimate of drug-likeness (QED) is 0.912. The van der Waals surface area contributed by atoms with E-state index in [2.05, 4.69) is 5.32 Å². The molecule has 0 radical (unpaired) electrons. The average Bonchev–Trinajstić information content (AvgIpc) is 2.94. The molecular weight excluding hydrogens is 276 g/mol. The number of carbonyl (C=O) groups excluding carboxylic acids is 1. The Morgan fingerprint density at radius 2 is 2.20 bits per heavy atom. The smallest absolute Gasteiger partial charge is 0.268 e. The molecule has 1 atom stereocenters. The number of amides is 1. The van der Waals surface area contributed by atoms with Crippen LogP contribution in [-0.4, -0.2) is 28.7 Å². The van der Waals surface area contributed by atoms with Crippen LogP contribution in [0.1, 0.15) is 49.0 Å². The predicted molar refractivity (Wildman–Crippen MR) is 78.1 cm³/mol. The summed E-state index contributed by atoms with van der Waals surface area (Å²) in [5.74, 6) is -0.0686. The molecule has 1 spiro atoms. The van der Waals surface area contributed by atoms with Crippen molar-refractivity contribution in [2.24, 2.45) is 7.05 Å². The number of carbonyl (C=O) groups is 1. The van der Waals surface area contributed by atoms with E-state index < -0.39 is 0 Å². The van der Waals surface area contributed by atoms with Crippen LogP contribution in [-0.2, 0) is 11.8 Å². The highest BCUT2D eigenvalue weighted by molar-refractivity contribution is 6.31. The van der Waals surface area contributed by atoms with Crippen molar-refractivity contribution in [3.63, 3.8) is 0 Å². The summed E-state index contributed by atoms with van der Waals surface area (Å²) in [5, 5.41) is 3.66. The molecule has 2 heterocycles. The molecule has 20 heavy (non-hydrogen) atoms. The van der Waals surface area contributed by atoms with Gasteiger partial charge in [0, 0.05) is 13.2 Å². The van der Waals surface area contributed by atoms with Crippen molar-refractivity contribution in [3.05, 3.63) is 23.0 Å². The fourth-order valence-electron chi connectivity index (χ4n) is 3.49. The van der Waals surface area contributed by atoms with E-state index in [1.807, 2.05) is 7.05 Å². The highest BCUT2D eigenvalue weighted by atomic mass is 35.5. The molecule has 1 aromatic heterocycles. The third kappa shape index (κ3) is 2.72. The highest BCUT2D eigenvalue weighted by Crippen LogP contribution is 2.39. The number of rotatable bonds is 2. The van der Waals surface area contributed by atoms with Gasteiger partial charge in [0.15, 0.2) is 0 Å². The molecule has 110 valence electrons. The molecule has 1 aliphatic carbocycles. The van der Waals surface area contributed by atoms with Gasteiger partial charge in [-0.05, 0) is 25.3 Å². The van der Waals surface area contributed by atoms with Crippen LogP contribution < -0.4 is 5.32 Å². The van der Waals surface area contributed by atoms with Crippen molar-refractivity contribution < 1.29 is 9.53 Å². The monoisotopic (exact) mass is 296 g/mol. The summed E-state index contributed by atoms with van der Waals surface area (Å²) < 4.78 is 7.77. The molecule has 2 aliphatic rings. The largest absolute Gasteiger partial charge is 0.373 e. The van der Waals surface area contributed by atoms with E-state index in [4.69, 9.17) is 16.3 Å². The van der Waals surface area contributed by atoms with Crippen molar-refractivity contribution >= 4 is 17.5 Å². The first-order valence-electron chi connectivity index (χ1n) is 7.35. The van der Waals surface area contributed by atoms with Gasteiger partial charge >= 0.3 is 0 Å². The zero-order valence-corrected chi connectivity index (χ0v) is 12.6. The maximum Gasteiger partial charge on any atom is 0.268 e. The first-order chi connectivity index (χ1) is 9.58. The molecule has 5 heteroatoms. The summed E-state index contributed by atoms with van der Waals surface area (Å²) in [4.78, 5) is 12.3. The number of nitrogens with zero attached hydrogens (tertiary/aromatic N) is 1. The van der Waals surface area contributed by atoms with E-state index in [1.165, 1.54) is 19.3 Å². The van der Waals surface area contributed by atoms with Crippen LogP contribution in [0.15, 0.2) is 12.3 Å². The Morgan fingerprint density at radius 1 is 1.45 bits per heavy atom. The predicted octanol–water partition coefficient (Wildman–Crippen LogP) is 2.90. The summed E-state index contributed by atoms with van der Waals surface area (Å²) >= 11 is 5.92. The van der Waals surface area contributed by atoms with E-state index in [1.54, 1.807) is 16.8 Å². The van der Waals surface area contributed by atoms with Crippen LogP contribution in [0.25, 0.3) is 0 Å². The number of hydrogen-bond acceptors (Lipinski definition) is 2. The molecule has 1 amide bonds. The van der Waals surface area contributed by atoms with Crippen molar-refractivity contribution in [3.8, 4) is 0 Å². The Kier molecular flexibility index (Phi) is 3.78. The zero-order chi connectivity index (χ0) is 14.2. The molecule has 1 aromatic rings. The summed E-state index contributed by atoms with van der Waals surface area (Å²) in [6, 6.07) is 1.82. The molecule has 1 saturated carbocycles. The van der Waals surface area contributed by atoms with E-state index in [0.29, 0.717) is 17.3 Å². The van der Waals surface area contributed by atoms with Gasteiger partial charge in [-0.15, -0.1) is 0 Å². The van der Waals surface area contributed by atoms with Crippen LogP contribution >= 0.6 is 11.6 Å². The molecule has 4 nitrogen and oxygen atoms in total. The van der Waals surface area contributed by atoms with Crippen molar-refractivity contribution in [1.82, 2.24) is 9.88 Å². The Hall–Kier alpha value is -1.00. The highest BCUT2D eigenvalue weighted by Gasteiger charge is 2.41. The molecule has 0 bridgehead atoms. The first kappa shape index (κ1) is 14.0. The SMILES string of the molecule is Cn1cc(Cl)cc1C(=O)NC1COC2(CCCCC2)C1. The summed E-state index contributed by atoms with van der Waals surface area (Å²) in [7, 11) is 1.83. The van der Waals surface area contributed by atoms with Gasteiger partial charge in [0.25, 0.3) is 5.91 Å². The minimum atomic E-state index is -0.0686. The lowest BCUT2D eigenvalue weighted by molar-refractivity contribution is -0.0246.